The van der Waals surface area contributed by atoms with Gasteiger partial charge in [0.15, 0.2) is 0 Å². The highest BCUT2D eigenvalue weighted by molar-refractivity contribution is 5.92. The minimum atomic E-state index is -0.287. The van der Waals surface area contributed by atoms with Gasteiger partial charge in [0.2, 0.25) is 5.91 Å². The molecule has 1 heterocycles. The van der Waals surface area contributed by atoms with Crippen molar-refractivity contribution in [3.8, 4) is 0 Å². The number of morpholine rings is 1. The van der Waals surface area contributed by atoms with Crippen molar-refractivity contribution in [2.24, 2.45) is 0 Å². The summed E-state index contributed by atoms with van der Waals surface area (Å²) in [5.41, 5.74) is 3.08. The van der Waals surface area contributed by atoms with Crippen molar-refractivity contribution in [2.75, 3.05) is 32.8 Å². The maximum atomic E-state index is 13.0. The standard InChI is InChI=1S/C22H25FN2O2/c1-17-2-7-19(8-3-17)21(16-25-12-14-27-15-13-25)24-22(26)11-6-18-4-9-20(23)10-5-18/h2-11,21H,12-16H2,1H3,(H,24,26)/p+1/b11-6+/t21-/m0/s1. The van der Waals surface area contributed by atoms with Crippen LogP contribution in [0.2, 0.25) is 0 Å². The highest BCUT2D eigenvalue weighted by Crippen LogP contribution is 2.13. The topological polar surface area (TPSA) is 42.8 Å². The van der Waals surface area contributed by atoms with Gasteiger partial charge in [0.25, 0.3) is 0 Å². The van der Waals surface area contributed by atoms with Gasteiger partial charge in [0, 0.05) is 6.08 Å². The Morgan fingerprint density at radius 2 is 1.81 bits per heavy atom. The predicted molar refractivity (Wildman–Crippen MR) is 104 cm³/mol. The van der Waals surface area contributed by atoms with Crippen LogP contribution in [0.3, 0.4) is 0 Å². The van der Waals surface area contributed by atoms with Gasteiger partial charge in [0.05, 0.1) is 13.2 Å². The van der Waals surface area contributed by atoms with Crippen LogP contribution in [-0.4, -0.2) is 38.8 Å². The lowest BCUT2D eigenvalue weighted by molar-refractivity contribution is -0.909. The maximum absolute atomic E-state index is 13.0. The molecule has 0 spiro atoms. The number of benzene rings is 2. The summed E-state index contributed by atoms with van der Waals surface area (Å²) in [5, 5.41) is 3.12. The van der Waals surface area contributed by atoms with Crippen LogP contribution in [0.15, 0.2) is 54.6 Å². The number of ether oxygens (including phenoxy) is 1. The number of hydrogen-bond acceptors (Lipinski definition) is 2. The van der Waals surface area contributed by atoms with E-state index in [2.05, 4.69) is 36.5 Å². The van der Waals surface area contributed by atoms with Gasteiger partial charge in [0.1, 0.15) is 31.5 Å². The molecule has 27 heavy (non-hydrogen) atoms. The molecule has 2 aromatic carbocycles. The summed E-state index contributed by atoms with van der Waals surface area (Å²) in [6.45, 7) is 6.29. The van der Waals surface area contributed by atoms with E-state index < -0.39 is 0 Å². The Morgan fingerprint density at radius 3 is 2.48 bits per heavy atom. The fourth-order valence-corrected chi connectivity index (χ4v) is 3.17. The van der Waals surface area contributed by atoms with Crippen molar-refractivity contribution in [2.45, 2.75) is 13.0 Å². The molecule has 2 N–H and O–H groups in total. The molecule has 1 aliphatic heterocycles. The fourth-order valence-electron chi connectivity index (χ4n) is 3.17. The molecule has 0 unspecified atom stereocenters. The molecule has 3 rings (SSSR count). The number of quaternary nitrogens is 1. The number of hydrogen-bond donors (Lipinski definition) is 2. The Balaban J connectivity index is 1.68. The van der Waals surface area contributed by atoms with Crippen LogP contribution in [0.4, 0.5) is 4.39 Å². The zero-order valence-corrected chi connectivity index (χ0v) is 15.6. The summed E-state index contributed by atoms with van der Waals surface area (Å²) in [5.74, 6) is -0.443. The minimum absolute atomic E-state index is 0.0657. The second-order valence-corrected chi connectivity index (χ2v) is 6.92. The average Bonchev–Trinajstić information content (AvgIpc) is 2.68. The van der Waals surface area contributed by atoms with Crippen molar-refractivity contribution in [1.29, 1.82) is 0 Å². The monoisotopic (exact) mass is 369 g/mol. The highest BCUT2D eigenvalue weighted by atomic mass is 19.1. The number of halogens is 1. The zero-order valence-electron chi connectivity index (χ0n) is 15.6. The summed E-state index contributed by atoms with van der Waals surface area (Å²) in [6, 6.07) is 14.3. The Kier molecular flexibility index (Phi) is 6.74. The number of nitrogens with one attached hydrogen (secondary N) is 2. The van der Waals surface area contributed by atoms with Crippen molar-refractivity contribution in [3.05, 3.63) is 77.1 Å². The molecule has 1 amide bonds. The first-order chi connectivity index (χ1) is 13.1. The van der Waals surface area contributed by atoms with Crippen LogP contribution in [0.1, 0.15) is 22.7 Å². The van der Waals surface area contributed by atoms with E-state index in [0.717, 1.165) is 44.0 Å². The molecule has 0 radical (unpaired) electrons. The summed E-state index contributed by atoms with van der Waals surface area (Å²) in [4.78, 5) is 13.9. The molecule has 142 valence electrons. The quantitative estimate of drug-likeness (QED) is 0.764. The third-order valence-electron chi connectivity index (χ3n) is 4.79. The van der Waals surface area contributed by atoms with E-state index in [1.54, 1.807) is 18.2 Å². The van der Waals surface area contributed by atoms with Gasteiger partial charge in [-0.1, -0.05) is 42.0 Å². The van der Waals surface area contributed by atoms with E-state index in [4.69, 9.17) is 4.74 Å². The van der Waals surface area contributed by atoms with Crippen molar-refractivity contribution in [1.82, 2.24) is 5.32 Å². The van der Waals surface area contributed by atoms with Crippen molar-refractivity contribution in [3.63, 3.8) is 0 Å². The van der Waals surface area contributed by atoms with Crippen LogP contribution >= 0.6 is 0 Å². The number of rotatable bonds is 6. The number of carbonyl (C=O) groups is 1. The maximum Gasteiger partial charge on any atom is 0.244 e. The largest absolute Gasteiger partial charge is 0.370 e. The van der Waals surface area contributed by atoms with Crippen LogP contribution in [0, 0.1) is 12.7 Å². The fraction of sp³-hybridized carbons (Fsp3) is 0.318. The molecule has 0 bridgehead atoms. The van der Waals surface area contributed by atoms with Crippen molar-refractivity contribution < 1.29 is 18.8 Å². The molecule has 4 nitrogen and oxygen atoms in total. The van der Waals surface area contributed by atoms with Gasteiger partial charge in [-0.05, 0) is 36.3 Å². The van der Waals surface area contributed by atoms with E-state index in [9.17, 15) is 9.18 Å². The van der Waals surface area contributed by atoms with E-state index in [0.29, 0.717) is 0 Å². The lowest BCUT2D eigenvalue weighted by atomic mass is 10.0. The molecule has 1 fully saturated rings. The summed E-state index contributed by atoms with van der Waals surface area (Å²) < 4.78 is 18.4. The lowest BCUT2D eigenvalue weighted by Gasteiger charge is -2.28. The molecule has 5 heteroatoms. The Morgan fingerprint density at radius 1 is 1.15 bits per heavy atom. The van der Waals surface area contributed by atoms with Crippen molar-refractivity contribution >= 4 is 12.0 Å². The SMILES string of the molecule is Cc1ccc([C@H](C[NH+]2CCOCC2)NC(=O)/C=C/c2ccc(F)cc2)cc1. The summed E-state index contributed by atoms with van der Waals surface area (Å²) in [7, 11) is 0. The summed E-state index contributed by atoms with van der Waals surface area (Å²) >= 11 is 0. The molecule has 0 aromatic heterocycles. The second kappa shape index (κ2) is 9.44. The predicted octanol–water partition coefficient (Wildman–Crippen LogP) is 1.92. The molecule has 1 saturated heterocycles. The second-order valence-electron chi connectivity index (χ2n) is 6.92. The first kappa shape index (κ1) is 19.3. The van der Waals surface area contributed by atoms with Crippen LogP contribution in [0.5, 0.6) is 0 Å². The van der Waals surface area contributed by atoms with Gasteiger partial charge in [-0.2, -0.15) is 0 Å². The third-order valence-corrected chi connectivity index (χ3v) is 4.79. The van der Waals surface area contributed by atoms with Gasteiger partial charge in [-0.25, -0.2) is 4.39 Å². The third kappa shape index (κ3) is 6.01. The Labute approximate surface area is 159 Å². The van der Waals surface area contributed by atoms with Crippen LogP contribution in [0.25, 0.3) is 6.08 Å². The molecule has 0 aliphatic carbocycles. The Hall–Kier alpha value is -2.50. The average molecular weight is 369 g/mol. The number of amides is 1. The number of aryl methyl sites for hydroxylation is 1. The summed E-state index contributed by atoms with van der Waals surface area (Å²) in [6.07, 6.45) is 3.20. The van der Waals surface area contributed by atoms with Crippen LogP contribution in [-0.2, 0) is 9.53 Å². The Bertz CT molecular complexity index is 766. The van der Waals surface area contributed by atoms with E-state index >= 15 is 0 Å². The normalized spacial score (nSPS) is 16.4. The van der Waals surface area contributed by atoms with Gasteiger partial charge in [-0.15, -0.1) is 0 Å². The lowest BCUT2D eigenvalue weighted by Crippen LogP contribution is -3.14. The molecule has 0 saturated carbocycles. The van der Waals surface area contributed by atoms with Gasteiger partial charge < -0.3 is 15.0 Å². The first-order valence-corrected chi connectivity index (χ1v) is 9.32. The molecular formula is C22H26FN2O2+. The van der Waals surface area contributed by atoms with E-state index in [-0.39, 0.29) is 17.8 Å². The molecule has 1 aliphatic rings. The zero-order chi connectivity index (χ0) is 19.1. The smallest absolute Gasteiger partial charge is 0.244 e. The van der Waals surface area contributed by atoms with E-state index in [1.807, 2.05) is 0 Å². The number of carbonyl (C=O) groups excluding carboxylic acids is 1. The van der Waals surface area contributed by atoms with E-state index in [1.165, 1.54) is 28.7 Å². The van der Waals surface area contributed by atoms with Crippen LogP contribution < -0.4 is 10.2 Å². The molecule has 1 atom stereocenters. The highest BCUT2D eigenvalue weighted by Gasteiger charge is 2.22. The van der Waals surface area contributed by atoms with Gasteiger partial charge in [-0.3, -0.25) is 4.79 Å². The molecular weight excluding hydrogens is 343 g/mol. The molecule has 2 aromatic rings. The van der Waals surface area contributed by atoms with Gasteiger partial charge >= 0.3 is 0 Å². The minimum Gasteiger partial charge on any atom is -0.370 e. The first-order valence-electron chi connectivity index (χ1n) is 9.32.